The number of Topliss-reactive ketones (excluding diaryl/α,β-unsaturated/α-hetero) is 1. The van der Waals surface area contributed by atoms with Crippen molar-refractivity contribution in [3.8, 4) is 0 Å². The zero-order valence-electron chi connectivity index (χ0n) is 8.64. The maximum atomic E-state index is 11.9. The van der Waals surface area contributed by atoms with Crippen LogP contribution in [-0.2, 0) is 4.79 Å². The first-order valence-corrected chi connectivity index (χ1v) is 7.58. The molecular formula is C11H18INO. The van der Waals surface area contributed by atoms with Gasteiger partial charge in [0, 0.05) is 0 Å². The molecule has 0 amide bonds. The number of nitrogens with two attached hydrogens (primary N) is 1. The maximum absolute atomic E-state index is 11.9. The molecule has 2 nitrogen and oxygen atoms in total. The first kappa shape index (κ1) is 11.9. The summed E-state index contributed by atoms with van der Waals surface area (Å²) in [6, 6.07) is -0.263. The Labute approximate surface area is 95.9 Å². The molecule has 0 spiro atoms. The van der Waals surface area contributed by atoms with Crippen molar-refractivity contribution in [2.45, 2.75) is 30.2 Å². The van der Waals surface area contributed by atoms with Crippen LogP contribution in [0.1, 0.15) is 20.3 Å². The average molecular weight is 307 g/mol. The molecule has 0 aromatic rings. The number of rotatable bonds is 4. The van der Waals surface area contributed by atoms with Crippen molar-refractivity contribution in [3.05, 3.63) is 22.3 Å². The monoisotopic (exact) mass is 307 g/mol. The van der Waals surface area contributed by atoms with E-state index in [2.05, 4.69) is 17.9 Å². The fourth-order valence-corrected chi connectivity index (χ4v) is 3.78. The minimum atomic E-state index is -0.321. The number of ketones is 1. The zero-order chi connectivity index (χ0) is 10.6. The number of carbonyl (C=O) groups excluding carboxylic acids is 1. The Bertz CT molecular complexity index is 258. The molecular weight excluding hydrogens is 289 g/mol. The van der Waals surface area contributed by atoms with Gasteiger partial charge in [-0.25, -0.2) is 0 Å². The molecule has 1 rings (SSSR count). The van der Waals surface area contributed by atoms with Crippen molar-refractivity contribution in [2.24, 2.45) is 11.7 Å². The summed E-state index contributed by atoms with van der Waals surface area (Å²) in [7, 11) is 0. The molecule has 80 valence electrons. The van der Waals surface area contributed by atoms with E-state index in [0.717, 1.165) is 6.42 Å². The molecule has 0 aromatic heterocycles. The van der Waals surface area contributed by atoms with Gasteiger partial charge in [0.2, 0.25) is 0 Å². The molecule has 2 N–H and O–H groups in total. The normalized spacial score (nSPS) is 23.3. The molecule has 0 aliphatic carbocycles. The average Bonchev–Trinajstić information content (AvgIpc) is 2.17. The van der Waals surface area contributed by atoms with Gasteiger partial charge in [-0.1, -0.05) is 0 Å². The first-order valence-electron chi connectivity index (χ1n) is 4.89. The van der Waals surface area contributed by atoms with Gasteiger partial charge in [-0.3, -0.25) is 0 Å². The molecule has 0 radical (unpaired) electrons. The summed E-state index contributed by atoms with van der Waals surface area (Å²) in [5.74, 6) is 0.736. The third-order valence-electron chi connectivity index (χ3n) is 2.07. The van der Waals surface area contributed by atoms with E-state index in [1.807, 2.05) is 18.2 Å². The summed E-state index contributed by atoms with van der Waals surface area (Å²) in [5, 5.41) is 0. The van der Waals surface area contributed by atoms with Gasteiger partial charge in [-0.15, -0.1) is 0 Å². The Hall–Kier alpha value is -0.160. The van der Waals surface area contributed by atoms with Crippen molar-refractivity contribution < 1.29 is 4.79 Å². The van der Waals surface area contributed by atoms with Crippen LogP contribution in [0.25, 0.3) is 0 Å². The van der Waals surface area contributed by atoms with Gasteiger partial charge in [0.15, 0.2) is 0 Å². The van der Waals surface area contributed by atoms with Crippen molar-refractivity contribution in [3.63, 3.8) is 0 Å². The molecule has 0 bridgehead atoms. The topological polar surface area (TPSA) is 43.1 Å². The Morgan fingerprint density at radius 1 is 1.50 bits per heavy atom. The van der Waals surface area contributed by atoms with E-state index in [0.29, 0.717) is 5.92 Å². The van der Waals surface area contributed by atoms with E-state index in [-0.39, 0.29) is 37.0 Å². The number of alkyl halides is 1. The second-order valence-corrected chi connectivity index (χ2v) is 6.91. The number of carbonyl (C=O) groups is 1. The zero-order valence-corrected chi connectivity index (χ0v) is 11.0. The molecule has 1 heterocycles. The van der Waals surface area contributed by atoms with Gasteiger partial charge in [-0.2, -0.15) is 0 Å². The standard InChI is InChI=1S/C11H18INO/c1-8(2)7-10(13)11(14)9-5-3-4-6-12-9/h3-6,8-10,12H,7,13H2,1-2H3/t9?,10-/m0/s1. The molecule has 1 aliphatic rings. The van der Waals surface area contributed by atoms with Gasteiger partial charge < -0.3 is 0 Å². The first-order chi connectivity index (χ1) is 6.61. The number of halogens is 1. The Morgan fingerprint density at radius 2 is 2.21 bits per heavy atom. The summed E-state index contributed by atoms with van der Waals surface area (Å²) in [4.78, 5) is 11.9. The third kappa shape index (κ3) is 3.53. The number of hydrogen-bond acceptors (Lipinski definition) is 2. The van der Waals surface area contributed by atoms with Crippen LogP contribution >= 0.6 is 21.2 Å². The predicted molar refractivity (Wildman–Crippen MR) is 69.9 cm³/mol. The number of hydrogen-bond donors (Lipinski definition) is 1. The van der Waals surface area contributed by atoms with Crippen LogP contribution < -0.4 is 5.73 Å². The van der Waals surface area contributed by atoms with E-state index in [1.54, 1.807) is 0 Å². The van der Waals surface area contributed by atoms with Crippen LogP contribution in [0.4, 0.5) is 0 Å². The molecule has 1 aliphatic heterocycles. The quantitative estimate of drug-likeness (QED) is 0.638. The van der Waals surface area contributed by atoms with E-state index in [1.165, 1.54) is 0 Å². The van der Waals surface area contributed by atoms with Crippen molar-refractivity contribution in [1.82, 2.24) is 0 Å². The van der Waals surface area contributed by atoms with Crippen LogP contribution in [-0.4, -0.2) is 15.7 Å². The van der Waals surface area contributed by atoms with Crippen LogP contribution in [0.3, 0.4) is 0 Å². The van der Waals surface area contributed by atoms with E-state index in [9.17, 15) is 4.79 Å². The summed E-state index contributed by atoms with van der Waals surface area (Å²) >= 11 is -0.321. The SMILES string of the molecule is CC(C)C[C@H](N)C(=O)C1C=CC=C[IH]1. The molecule has 0 saturated carbocycles. The molecule has 14 heavy (non-hydrogen) atoms. The summed E-state index contributed by atoms with van der Waals surface area (Å²) in [6.07, 6.45) is 6.80. The molecule has 0 aromatic carbocycles. The van der Waals surface area contributed by atoms with Crippen LogP contribution in [0.5, 0.6) is 0 Å². The van der Waals surface area contributed by atoms with Gasteiger partial charge in [0.05, 0.1) is 0 Å². The molecule has 0 saturated heterocycles. The summed E-state index contributed by atoms with van der Waals surface area (Å²) < 4.78 is 2.29. The predicted octanol–water partition coefficient (Wildman–Crippen LogP) is 2.08. The molecule has 3 heteroatoms. The van der Waals surface area contributed by atoms with Crippen molar-refractivity contribution in [1.29, 1.82) is 0 Å². The van der Waals surface area contributed by atoms with E-state index >= 15 is 0 Å². The Balaban J connectivity index is 2.48. The van der Waals surface area contributed by atoms with Crippen molar-refractivity contribution >= 4 is 27.0 Å². The van der Waals surface area contributed by atoms with Gasteiger partial charge in [-0.05, 0) is 0 Å². The summed E-state index contributed by atoms with van der Waals surface area (Å²) in [5.41, 5.74) is 5.86. The van der Waals surface area contributed by atoms with Gasteiger partial charge in [0.25, 0.3) is 0 Å². The summed E-state index contributed by atoms with van der Waals surface area (Å²) in [6.45, 7) is 4.20. The molecule has 1 unspecified atom stereocenters. The van der Waals surface area contributed by atoms with Crippen LogP contribution in [0, 0.1) is 5.92 Å². The van der Waals surface area contributed by atoms with Crippen molar-refractivity contribution in [2.75, 3.05) is 0 Å². The third-order valence-corrected chi connectivity index (χ3v) is 4.92. The molecule has 0 fully saturated rings. The fraction of sp³-hybridized carbons (Fsp3) is 0.545. The van der Waals surface area contributed by atoms with Crippen LogP contribution in [0.15, 0.2) is 22.3 Å². The Morgan fingerprint density at radius 3 is 2.71 bits per heavy atom. The van der Waals surface area contributed by atoms with Crippen LogP contribution in [0.2, 0.25) is 0 Å². The van der Waals surface area contributed by atoms with E-state index in [4.69, 9.17) is 5.73 Å². The van der Waals surface area contributed by atoms with E-state index < -0.39 is 0 Å². The molecule has 2 atom stereocenters. The second kappa shape index (κ2) is 5.66. The minimum absolute atomic E-state index is 0.138. The fourth-order valence-electron chi connectivity index (χ4n) is 1.38. The second-order valence-electron chi connectivity index (χ2n) is 3.91. The van der Waals surface area contributed by atoms with Gasteiger partial charge >= 0.3 is 96.0 Å². The Kier molecular flexibility index (Phi) is 4.81. The number of allylic oxidation sites excluding steroid dienone is 3. The van der Waals surface area contributed by atoms with Gasteiger partial charge in [0.1, 0.15) is 0 Å².